The van der Waals surface area contributed by atoms with Crippen LogP contribution >= 0.6 is 11.3 Å². The Morgan fingerprint density at radius 3 is 2.44 bits per heavy atom. The maximum absolute atomic E-state index is 12.5. The van der Waals surface area contributed by atoms with Crippen LogP contribution in [-0.4, -0.2) is 15.7 Å². The molecule has 0 spiro atoms. The highest BCUT2D eigenvalue weighted by Gasteiger charge is 2.34. The summed E-state index contributed by atoms with van der Waals surface area (Å²) in [7, 11) is 0. The second-order valence-corrected chi connectivity index (χ2v) is 7.37. The van der Waals surface area contributed by atoms with E-state index in [2.05, 4.69) is 34.3 Å². The number of anilines is 1. The first-order valence-corrected chi connectivity index (χ1v) is 9.81. The molecule has 0 bridgehead atoms. The fraction of sp³-hybridized carbons (Fsp3) is 0.0909. The summed E-state index contributed by atoms with van der Waals surface area (Å²) in [6.45, 7) is 0. The van der Waals surface area contributed by atoms with E-state index in [1.54, 1.807) is 11.3 Å². The van der Waals surface area contributed by atoms with Gasteiger partial charge in [0.1, 0.15) is 5.82 Å². The molecule has 0 aliphatic carbocycles. The molecule has 2 aromatic carbocycles. The van der Waals surface area contributed by atoms with Crippen LogP contribution in [-0.2, 0) is 4.79 Å². The van der Waals surface area contributed by atoms with Crippen molar-refractivity contribution in [2.24, 2.45) is 0 Å². The number of aromatic nitrogens is 2. The minimum Gasteiger partial charge on any atom is -0.310 e. The van der Waals surface area contributed by atoms with Crippen LogP contribution in [0.25, 0.3) is 16.9 Å². The van der Waals surface area contributed by atoms with E-state index >= 15 is 0 Å². The standard InChI is InChI=1S/C22H17N3OS/c26-19-13-18(16-11-12-27-14-16)20-21(15-7-3-1-4-8-15)24-25(22(20)23-19)17-9-5-2-6-10-17/h1-12,14,18H,13H2,(H,23,26)/t18-/m1/s1. The number of rotatable bonds is 3. The molecule has 5 rings (SSSR count). The number of thiophene rings is 1. The zero-order chi connectivity index (χ0) is 18.2. The lowest BCUT2D eigenvalue weighted by Crippen LogP contribution is -2.24. The van der Waals surface area contributed by atoms with Gasteiger partial charge in [0, 0.05) is 23.5 Å². The summed E-state index contributed by atoms with van der Waals surface area (Å²) in [5.41, 5.74) is 5.16. The van der Waals surface area contributed by atoms with E-state index in [9.17, 15) is 4.79 Å². The van der Waals surface area contributed by atoms with Crippen LogP contribution in [0.3, 0.4) is 0 Å². The number of hydrogen-bond acceptors (Lipinski definition) is 3. The third-order valence-electron chi connectivity index (χ3n) is 4.91. The van der Waals surface area contributed by atoms with Crippen LogP contribution in [0.2, 0.25) is 0 Å². The lowest BCUT2D eigenvalue weighted by molar-refractivity contribution is -0.116. The van der Waals surface area contributed by atoms with Gasteiger partial charge in [0.15, 0.2) is 0 Å². The van der Waals surface area contributed by atoms with Gasteiger partial charge in [-0.2, -0.15) is 16.4 Å². The molecule has 1 amide bonds. The second-order valence-electron chi connectivity index (χ2n) is 6.59. The number of nitrogens with one attached hydrogen (secondary N) is 1. The van der Waals surface area contributed by atoms with Gasteiger partial charge in [0.25, 0.3) is 0 Å². The van der Waals surface area contributed by atoms with Crippen LogP contribution in [0, 0.1) is 0 Å². The number of carbonyl (C=O) groups is 1. The Balaban J connectivity index is 1.79. The molecular weight excluding hydrogens is 354 g/mol. The van der Waals surface area contributed by atoms with Gasteiger partial charge < -0.3 is 5.32 Å². The van der Waals surface area contributed by atoms with Gasteiger partial charge >= 0.3 is 0 Å². The van der Waals surface area contributed by atoms with Crippen molar-refractivity contribution in [2.45, 2.75) is 12.3 Å². The molecule has 2 aromatic heterocycles. The molecule has 1 atom stereocenters. The Bertz CT molecular complexity index is 1090. The van der Waals surface area contributed by atoms with E-state index in [-0.39, 0.29) is 11.8 Å². The molecule has 3 heterocycles. The highest BCUT2D eigenvalue weighted by molar-refractivity contribution is 7.08. The number of carbonyl (C=O) groups excluding carboxylic acids is 1. The van der Waals surface area contributed by atoms with Crippen molar-refractivity contribution < 1.29 is 4.79 Å². The fourth-order valence-electron chi connectivity index (χ4n) is 3.67. The van der Waals surface area contributed by atoms with Crippen LogP contribution in [0.1, 0.15) is 23.5 Å². The molecule has 27 heavy (non-hydrogen) atoms. The summed E-state index contributed by atoms with van der Waals surface area (Å²) in [4.78, 5) is 12.5. The fourth-order valence-corrected chi connectivity index (χ4v) is 4.39. The summed E-state index contributed by atoms with van der Waals surface area (Å²) >= 11 is 1.66. The smallest absolute Gasteiger partial charge is 0.226 e. The van der Waals surface area contributed by atoms with Crippen molar-refractivity contribution in [1.29, 1.82) is 0 Å². The van der Waals surface area contributed by atoms with Crippen molar-refractivity contribution in [3.05, 3.63) is 88.6 Å². The van der Waals surface area contributed by atoms with Gasteiger partial charge in [-0.3, -0.25) is 4.79 Å². The summed E-state index contributed by atoms with van der Waals surface area (Å²) in [5, 5.41) is 12.2. The average Bonchev–Trinajstić information content (AvgIpc) is 3.37. The van der Waals surface area contributed by atoms with Crippen LogP contribution < -0.4 is 5.32 Å². The lowest BCUT2D eigenvalue weighted by atomic mass is 9.86. The highest BCUT2D eigenvalue weighted by atomic mass is 32.1. The van der Waals surface area contributed by atoms with Crippen LogP contribution in [0.4, 0.5) is 5.82 Å². The second kappa shape index (κ2) is 6.52. The Kier molecular flexibility index (Phi) is 3.87. The number of benzene rings is 2. The Labute approximate surface area is 161 Å². The molecule has 0 fully saturated rings. The summed E-state index contributed by atoms with van der Waals surface area (Å²) < 4.78 is 1.86. The van der Waals surface area contributed by atoms with E-state index in [0.717, 1.165) is 28.3 Å². The molecule has 0 unspecified atom stereocenters. The van der Waals surface area contributed by atoms with E-state index in [4.69, 9.17) is 5.10 Å². The number of nitrogens with zero attached hydrogens (tertiary/aromatic N) is 2. The number of hydrogen-bond donors (Lipinski definition) is 1. The maximum Gasteiger partial charge on any atom is 0.226 e. The van der Waals surface area contributed by atoms with Crippen molar-refractivity contribution in [3.8, 4) is 16.9 Å². The molecule has 5 heteroatoms. The molecule has 1 aliphatic heterocycles. The van der Waals surface area contributed by atoms with Gasteiger partial charge in [-0.15, -0.1) is 0 Å². The molecule has 1 aliphatic rings. The van der Waals surface area contributed by atoms with E-state index in [1.165, 1.54) is 5.56 Å². The minimum absolute atomic E-state index is 0.00710. The molecule has 0 saturated heterocycles. The number of amides is 1. The molecule has 4 nitrogen and oxygen atoms in total. The van der Waals surface area contributed by atoms with Gasteiger partial charge in [0.2, 0.25) is 5.91 Å². The Morgan fingerprint density at radius 1 is 1.00 bits per heavy atom. The monoisotopic (exact) mass is 371 g/mol. The molecule has 132 valence electrons. The first kappa shape index (κ1) is 16.0. The Hall–Kier alpha value is -3.18. The van der Waals surface area contributed by atoms with Crippen LogP contribution in [0.5, 0.6) is 0 Å². The third kappa shape index (κ3) is 2.76. The number of para-hydroxylation sites is 1. The predicted octanol–water partition coefficient (Wildman–Crippen LogP) is 5.07. The van der Waals surface area contributed by atoms with E-state index in [0.29, 0.717) is 6.42 Å². The molecule has 1 N–H and O–H groups in total. The summed E-state index contributed by atoms with van der Waals surface area (Å²) in [6.07, 6.45) is 0.435. The highest BCUT2D eigenvalue weighted by Crippen LogP contribution is 2.44. The predicted molar refractivity (Wildman–Crippen MR) is 108 cm³/mol. The molecular formula is C22H17N3OS. The lowest BCUT2D eigenvalue weighted by Gasteiger charge is -2.24. The molecule has 0 radical (unpaired) electrons. The molecule has 0 saturated carbocycles. The van der Waals surface area contributed by atoms with Crippen molar-refractivity contribution in [1.82, 2.24) is 9.78 Å². The zero-order valence-corrected chi connectivity index (χ0v) is 15.3. The maximum atomic E-state index is 12.5. The van der Waals surface area contributed by atoms with Gasteiger partial charge in [0.05, 0.1) is 11.4 Å². The topological polar surface area (TPSA) is 46.9 Å². The Morgan fingerprint density at radius 2 is 1.74 bits per heavy atom. The largest absolute Gasteiger partial charge is 0.310 e. The summed E-state index contributed by atoms with van der Waals surface area (Å²) in [5.74, 6) is 0.801. The van der Waals surface area contributed by atoms with Crippen molar-refractivity contribution in [3.63, 3.8) is 0 Å². The van der Waals surface area contributed by atoms with Gasteiger partial charge in [-0.1, -0.05) is 48.5 Å². The SMILES string of the molecule is O=C1C[C@H](c2ccsc2)c2c(-c3ccccc3)nn(-c3ccccc3)c2N1. The number of fused-ring (bicyclic) bond motifs is 1. The quantitative estimate of drug-likeness (QED) is 0.546. The van der Waals surface area contributed by atoms with E-state index < -0.39 is 0 Å². The normalized spacial score (nSPS) is 16.0. The zero-order valence-electron chi connectivity index (χ0n) is 14.5. The first-order valence-electron chi connectivity index (χ1n) is 8.87. The summed E-state index contributed by atoms with van der Waals surface area (Å²) in [6, 6.07) is 22.2. The minimum atomic E-state index is 0.00710. The van der Waals surface area contributed by atoms with Crippen LogP contribution in [0.15, 0.2) is 77.5 Å². The van der Waals surface area contributed by atoms with Gasteiger partial charge in [-0.25, -0.2) is 4.68 Å². The molecule has 4 aromatic rings. The average molecular weight is 371 g/mol. The van der Waals surface area contributed by atoms with E-state index in [1.807, 2.05) is 53.2 Å². The third-order valence-corrected chi connectivity index (χ3v) is 5.61. The first-order chi connectivity index (χ1) is 13.3. The van der Waals surface area contributed by atoms with Gasteiger partial charge in [-0.05, 0) is 34.5 Å². The van der Waals surface area contributed by atoms with Crippen molar-refractivity contribution in [2.75, 3.05) is 5.32 Å². The van der Waals surface area contributed by atoms with Crippen molar-refractivity contribution >= 4 is 23.1 Å².